The van der Waals surface area contributed by atoms with Crippen LogP contribution in [0.5, 0.6) is 5.75 Å². The van der Waals surface area contributed by atoms with Crippen molar-refractivity contribution in [1.82, 2.24) is 5.48 Å². The summed E-state index contributed by atoms with van der Waals surface area (Å²) in [6.45, 7) is 2.71. The van der Waals surface area contributed by atoms with Gasteiger partial charge in [-0.3, -0.25) is 10.0 Å². The molecule has 0 aliphatic carbocycles. The average Bonchev–Trinajstić information content (AvgIpc) is 2.57. The van der Waals surface area contributed by atoms with Gasteiger partial charge in [-0.05, 0) is 57.2 Å². The number of hydrogen-bond acceptors (Lipinski definition) is 5. The maximum absolute atomic E-state index is 13.7. The van der Waals surface area contributed by atoms with E-state index in [0.717, 1.165) is 12.1 Å². The Kier molecular flexibility index (Phi) is 8.65. The van der Waals surface area contributed by atoms with E-state index >= 15 is 0 Å². The monoisotopic (exact) mass is 410 g/mol. The third-order valence-electron chi connectivity index (χ3n) is 4.22. The van der Waals surface area contributed by atoms with Crippen molar-refractivity contribution < 1.29 is 37.4 Å². The predicted octanol–water partition coefficient (Wildman–Crippen LogP) is 2.86. The molecule has 0 aliphatic heterocycles. The first kappa shape index (κ1) is 24.1. The molecule has 160 valence electrons. The van der Waals surface area contributed by atoms with Crippen molar-refractivity contribution in [3.63, 3.8) is 0 Å². The van der Waals surface area contributed by atoms with Crippen LogP contribution in [0.15, 0.2) is 24.3 Å². The van der Waals surface area contributed by atoms with E-state index in [2.05, 4.69) is 4.74 Å². The maximum Gasteiger partial charge on any atom is 0.573 e. The Hall–Kier alpha value is -1.91. The average molecular weight is 410 g/mol. The number of benzene rings is 1. The number of carbonyl (C=O) groups is 1. The van der Waals surface area contributed by atoms with Gasteiger partial charge in [0.25, 0.3) is 0 Å². The molecular weight excluding hydrogens is 384 g/mol. The molecule has 28 heavy (non-hydrogen) atoms. The minimum absolute atomic E-state index is 0.0493. The van der Waals surface area contributed by atoms with E-state index < -0.39 is 36.0 Å². The zero-order valence-corrected chi connectivity index (χ0v) is 15.7. The topological polar surface area (TPSA) is 105 Å². The predicted molar refractivity (Wildman–Crippen MR) is 93.3 cm³/mol. The smallest absolute Gasteiger partial charge is 0.406 e. The summed E-state index contributed by atoms with van der Waals surface area (Å²) < 4.78 is 53.9. The molecule has 0 aromatic heterocycles. The number of aliphatic hydroxyl groups excluding tert-OH is 1. The largest absolute Gasteiger partial charge is 0.573 e. The summed E-state index contributed by atoms with van der Waals surface area (Å²) in [6.07, 6.45) is -5.74. The molecule has 1 aromatic carbocycles. The van der Waals surface area contributed by atoms with E-state index in [4.69, 9.17) is 10.9 Å². The van der Waals surface area contributed by atoms with Crippen molar-refractivity contribution in [1.29, 1.82) is 0 Å². The van der Waals surface area contributed by atoms with Gasteiger partial charge in [0.1, 0.15) is 11.4 Å². The molecule has 5 N–H and O–H groups in total. The second-order valence-corrected chi connectivity index (χ2v) is 7.29. The Morgan fingerprint density at radius 1 is 1.21 bits per heavy atom. The molecule has 0 saturated carbocycles. The fraction of sp³-hybridized carbons (Fsp3) is 0.611. The van der Waals surface area contributed by atoms with E-state index in [0.29, 0.717) is 5.56 Å². The highest BCUT2D eigenvalue weighted by Gasteiger charge is 2.31. The Bertz CT molecular complexity index is 617. The number of nitrogens with one attached hydrogen (secondary N) is 1. The molecule has 6 nitrogen and oxygen atoms in total. The summed E-state index contributed by atoms with van der Waals surface area (Å²) >= 11 is 0. The van der Waals surface area contributed by atoms with Crippen LogP contribution in [-0.2, 0) is 11.2 Å². The molecule has 3 unspecified atom stereocenters. The highest BCUT2D eigenvalue weighted by Crippen LogP contribution is 2.25. The molecule has 1 amide bonds. The molecule has 0 bridgehead atoms. The number of halogens is 4. The van der Waals surface area contributed by atoms with Crippen LogP contribution in [0.1, 0.15) is 38.7 Å². The van der Waals surface area contributed by atoms with Crippen molar-refractivity contribution in [2.45, 2.75) is 63.7 Å². The minimum atomic E-state index is -4.79. The number of hydroxylamine groups is 1. The molecule has 0 saturated heterocycles. The maximum atomic E-state index is 13.7. The molecule has 0 fully saturated rings. The molecule has 1 aromatic rings. The molecule has 0 radical (unpaired) electrons. The SMILES string of the molecule is CC(C)(F)CCC(CC(O)C(N)Cc1ccc(OC(F)(F)F)cc1)C(=O)NO. The van der Waals surface area contributed by atoms with E-state index in [1.165, 1.54) is 31.5 Å². The van der Waals surface area contributed by atoms with Gasteiger partial charge in [-0.2, -0.15) is 0 Å². The lowest BCUT2D eigenvalue weighted by molar-refractivity contribution is -0.274. The number of rotatable bonds is 10. The van der Waals surface area contributed by atoms with Crippen molar-refractivity contribution in [2.24, 2.45) is 11.7 Å². The van der Waals surface area contributed by atoms with Gasteiger partial charge in [0.2, 0.25) is 5.91 Å². The molecular formula is C18H26F4N2O4. The van der Waals surface area contributed by atoms with Crippen LogP contribution in [0.25, 0.3) is 0 Å². The van der Waals surface area contributed by atoms with Gasteiger partial charge in [0, 0.05) is 12.0 Å². The Labute approximate surface area is 160 Å². The number of ether oxygens (including phenoxy) is 1. The molecule has 0 aliphatic rings. The van der Waals surface area contributed by atoms with Crippen LogP contribution in [-0.4, -0.2) is 40.4 Å². The van der Waals surface area contributed by atoms with Gasteiger partial charge >= 0.3 is 6.36 Å². The van der Waals surface area contributed by atoms with Gasteiger partial charge in [0.15, 0.2) is 0 Å². The number of aliphatic hydroxyl groups is 1. The van der Waals surface area contributed by atoms with Crippen LogP contribution in [0.2, 0.25) is 0 Å². The molecule has 0 spiro atoms. The summed E-state index contributed by atoms with van der Waals surface area (Å²) in [5.74, 6) is -1.97. The molecule has 10 heteroatoms. The zero-order chi connectivity index (χ0) is 21.5. The lowest BCUT2D eigenvalue weighted by Gasteiger charge is -2.25. The zero-order valence-electron chi connectivity index (χ0n) is 15.7. The van der Waals surface area contributed by atoms with Crippen molar-refractivity contribution >= 4 is 5.91 Å². The highest BCUT2D eigenvalue weighted by atomic mass is 19.4. The van der Waals surface area contributed by atoms with Gasteiger partial charge in [0.05, 0.1) is 6.10 Å². The van der Waals surface area contributed by atoms with Crippen molar-refractivity contribution in [3.8, 4) is 5.75 Å². The first-order chi connectivity index (χ1) is 12.8. The molecule has 3 atom stereocenters. The van der Waals surface area contributed by atoms with Gasteiger partial charge < -0.3 is 15.6 Å². The lowest BCUT2D eigenvalue weighted by atomic mass is 9.88. The molecule has 1 rings (SSSR count). The van der Waals surface area contributed by atoms with E-state index in [1.54, 1.807) is 0 Å². The third-order valence-corrected chi connectivity index (χ3v) is 4.22. The van der Waals surface area contributed by atoms with Crippen LogP contribution in [0.4, 0.5) is 17.6 Å². The second-order valence-electron chi connectivity index (χ2n) is 7.29. The van der Waals surface area contributed by atoms with Crippen molar-refractivity contribution in [3.05, 3.63) is 29.8 Å². The number of hydrogen-bond donors (Lipinski definition) is 4. The summed E-state index contributed by atoms with van der Waals surface area (Å²) in [5.41, 5.74) is 6.48. The minimum Gasteiger partial charge on any atom is -0.406 e. The quantitative estimate of drug-likeness (QED) is 0.270. The summed E-state index contributed by atoms with van der Waals surface area (Å²) in [7, 11) is 0. The third kappa shape index (κ3) is 9.34. The lowest BCUT2D eigenvalue weighted by Crippen LogP contribution is -2.40. The normalized spacial score (nSPS) is 15.6. The first-order valence-electron chi connectivity index (χ1n) is 8.72. The Balaban J connectivity index is 2.66. The summed E-state index contributed by atoms with van der Waals surface area (Å²) in [4.78, 5) is 11.8. The van der Waals surface area contributed by atoms with Crippen LogP contribution >= 0.6 is 0 Å². The van der Waals surface area contributed by atoms with E-state index in [-0.39, 0.29) is 31.4 Å². The van der Waals surface area contributed by atoms with Crippen LogP contribution < -0.4 is 16.0 Å². The summed E-state index contributed by atoms with van der Waals surface area (Å²) in [6, 6.07) is 4.22. The number of alkyl halides is 4. The van der Waals surface area contributed by atoms with E-state index in [9.17, 15) is 27.5 Å². The van der Waals surface area contributed by atoms with Crippen LogP contribution in [0, 0.1) is 5.92 Å². The highest BCUT2D eigenvalue weighted by molar-refractivity contribution is 5.77. The van der Waals surface area contributed by atoms with Crippen LogP contribution in [0.3, 0.4) is 0 Å². The number of nitrogens with two attached hydrogens (primary N) is 1. The molecule has 0 heterocycles. The van der Waals surface area contributed by atoms with Crippen molar-refractivity contribution in [2.75, 3.05) is 0 Å². The summed E-state index contributed by atoms with van der Waals surface area (Å²) in [5, 5.41) is 19.1. The fourth-order valence-corrected chi connectivity index (χ4v) is 2.67. The Morgan fingerprint density at radius 2 is 1.79 bits per heavy atom. The van der Waals surface area contributed by atoms with Gasteiger partial charge in [-0.1, -0.05) is 12.1 Å². The first-order valence-corrected chi connectivity index (χ1v) is 8.72. The van der Waals surface area contributed by atoms with E-state index in [1.807, 2.05) is 0 Å². The Morgan fingerprint density at radius 3 is 2.25 bits per heavy atom. The fourth-order valence-electron chi connectivity index (χ4n) is 2.67. The number of carbonyl (C=O) groups excluding carboxylic acids is 1. The second kappa shape index (κ2) is 10.0. The standard InChI is InChI=1S/C18H26F4N2O4/c1-17(2,19)8-7-12(16(26)24-27)10-15(25)14(23)9-11-3-5-13(6-4-11)28-18(20,21)22/h3-6,12,14-15,25,27H,7-10,23H2,1-2H3,(H,24,26). The van der Waals surface area contributed by atoms with Gasteiger partial charge in [-0.15, -0.1) is 13.2 Å². The number of amides is 1. The van der Waals surface area contributed by atoms with Gasteiger partial charge in [-0.25, -0.2) is 9.87 Å².